The first-order valence-electron chi connectivity index (χ1n) is 5.57. The zero-order valence-corrected chi connectivity index (χ0v) is 10.2. The van der Waals surface area contributed by atoms with Gasteiger partial charge in [-0.1, -0.05) is 38.3 Å². The molecule has 1 rings (SSSR count). The van der Waals surface area contributed by atoms with Crippen LogP contribution in [0.3, 0.4) is 0 Å². The van der Waals surface area contributed by atoms with Crippen LogP contribution in [0.15, 0.2) is 18.5 Å². The summed E-state index contributed by atoms with van der Waals surface area (Å²) in [4.78, 5) is 3.96. The van der Waals surface area contributed by atoms with Crippen LogP contribution >= 0.6 is 11.6 Å². The minimum Gasteiger partial charge on any atom is -0.312 e. The Bertz CT molecular complexity index is 285. The lowest BCUT2D eigenvalue weighted by molar-refractivity contribution is 0.449. The van der Waals surface area contributed by atoms with Gasteiger partial charge in [-0.15, -0.1) is 0 Å². The van der Waals surface area contributed by atoms with Crippen LogP contribution in [0.5, 0.6) is 0 Å². The number of aromatic nitrogens is 1. The zero-order chi connectivity index (χ0) is 11.1. The van der Waals surface area contributed by atoms with Crippen LogP contribution in [0.1, 0.15) is 32.3 Å². The molecule has 3 heteroatoms. The number of halogens is 1. The smallest absolute Gasteiger partial charge is 0.0634 e. The average molecular weight is 227 g/mol. The van der Waals surface area contributed by atoms with E-state index in [1.54, 1.807) is 12.4 Å². The van der Waals surface area contributed by atoms with Gasteiger partial charge in [0.15, 0.2) is 0 Å². The summed E-state index contributed by atoms with van der Waals surface area (Å²) in [5, 5.41) is 4.18. The summed E-state index contributed by atoms with van der Waals surface area (Å²) in [5.41, 5.74) is 1.12. The zero-order valence-electron chi connectivity index (χ0n) is 9.46. The summed E-state index contributed by atoms with van der Waals surface area (Å²) in [6, 6.07) is 1.96. The lowest BCUT2D eigenvalue weighted by Crippen LogP contribution is -2.21. The van der Waals surface area contributed by atoms with Gasteiger partial charge in [0.25, 0.3) is 0 Å². The molecule has 1 heterocycles. The van der Waals surface area contributed by atoms with Crippen molar-refractivity contribution in [2.24, 2.45) is 5.92 Å². The molecule has 1 aromatic rings. The Hall–Kier alpha value is -0.600. The largest absolute Gasteiger partial charge is 0.312 e. The van der Waals surface area contributed by atoms with Gasteiger partial charge in [0.1, 0.15) is 0 Å². The van der Waals surface area contributed by atoms with E-state index in [-0.39, 0.29) is 0 Å². The highest BCUT2D eigenvalue weighted by Crippen LogP contribution is 2.13. The highest BCUT2D eigenvalue weighted by molar-refractivity contribution is 6.31. The van der Waals surface area contributed by atoms with Crippen molar-refractivity contribution in [3.63, 3.8) is 0 Å². The Kier molecular flexibility index (Phi) is 5.66. The highest BCUT2D eigenvalue weighted by Gasteiger charge is 2.03. The molecule has 0 fully saturated rings. The quantitative estimate of drug-likeness (QED) is 0.806. The topological polar surface area (TPSA) is 24.9 Å². The molecular weight excluding hydrogens is 208 g/mol. The van der Waals surface area contributed by atoms with Gasteiger partial charge < -0.3 is 5.32 Å². The van der Waals surface area contributed by atoms with Gasteiger partial charge in [-0.25, -0.2) is 0 Å². The van der Waals surface area contributed by atoms with Crippen molar-refractivity contribution in [1.29, 1.82) is 0 Å². The van der Waals surface area contributed by atoms with E-state index < -0.39 is 0 Å². The van der Waals surface area contributed by atoms with Gasteiger partial charge in [-0.05, 0) is 24.1 Å². The lowest BCUT2D eigenvalue weighted by Gasteiger charge is -2.13. The van der Waals surface area contributed by atoms with Gasteiger partial charge in [0.2, 0.25) is 0 Å². The van der Waals surface area contributed by atoms with E-state index in [0.717, 1.165) is 29.6 Å². The van der Waals surface area contributed by atoms with Gasteiger partial charge >= 0.3 is 0 Å². The minimum absolute atomic E-state index is 0.745. The lowest BCUT2D eigenvalue weighted by atomic mass is 10.0. The Morgan fingerprint density at radius 1 is 1.40 bits per heavy atom. The number of hydrogen-bond acceptors (Lipinski definition) is 2. The van der Waals surface area contributed by atoms with E-state index in [1.165, 1.54) is 12.8 Å². The third-order valence-electron chi connectivity index (χ3n) is 2.76. The van der Waals surface area contributed by atoms with Crippen LogP contribution in [-0.4, -0.2) is 11.5 Å². The number of hydrogen-bond donors (Lipinski definition) is 1. The molecule has 15 heavy (non-hydrogen) atoms. The van der Waals surface area contributed by atoms with Gasteiger partial charge in [-0.3, -0.25) is 4.98 Å². The third kappa shape index (κ3) is 4.18. The molecule has 2 nitrogen and oxygen atoms in total. The first kappa shape index (κ1) is 12.5. The fourth-order valence-corrected chi connectivity index (χ4v) is 1.72. The minimum atomic E-state index is 0.745. The fourth-order valence-electron chi connectivity index (χ4n) is 1.54. The van der Waals surface area contributed by atoms with Crippen molar-refractivity contribution >= 4 is 11.6 Å². The summed E-state index contributed by atoms with van der Waals surface area (Å²) in [5.74, 6) is 0.769. The van der Waals surface area contributed by atoms with Crippen molar-refractivity contribution in [1.82, 2.24) is 10.3 Å². The van der Waals surface area contributed by atoms with E-state index in [1.807, 2.05) is 6.07 Å². The summed E-state index contributed by atoms with van der Waals surface area (Å²) in [7, 11) is 0. The standard InChI is InChI=1S/C12H19ClN2/c1-3-10(4-2)7-15-8-11-5-6-14-9-12(11)13/h5-6,9-10,15H,3-4,7-8H2,1-2H3. The van der Waals surface area contributed by atoms with E-state index in [2.05, 4.69) is 24.1 Å². The molecule has 84 valence electrons. The summed E-state index contributed by atoms with van der Waals surface area (Å²) >= 11 is 6.00. The van der Waals surface area contributed by atoms with Crippen LogP contribution in [0.2, 0.25) is 5.02 Å². The maximum absolute atomic E-state index is 6.00. The van der Waals surface area contributed by atoms with Crippen molar-refractivity contribution in [3.05, 3.63) is 29.0 Å². The molecule has 1 N–H and O–H groups in total. The molecule has 0 spiro atoms. The number of pyridine rings is 1. The molecule has 0 aliphatic carbocycles. The molecule has 0 aromatic carbocycles. The van der Waals surface area contributed by atoms with E-state index >= 15 is 0 Å². The Morgan fingerprint density at radius 2 is 2.13 bits per heavy atom. The first-order valence-corrected chi connectivity index (χ1v) is 5.94. The summed E-state index contributed by atoms with van der Waals surface area (Å²) in [6.45, 7) is 6.36. The van der Waals surface area contributed by atoms with E-state index in [4.69, 9.17) is 11.6 Å². The molecule has 0 bridgehead atoms. The second-order valence-electron chi connectivity index (χ2n) is 3.78. The Balaban J connectivity index is 2.34. The van der Waals surface area contributed by atoms with E-state index in [9.17, 15) is 0 Å². The maximum Gasteiger partial charge on any atom is 0.0634 e. The molecule has 0 aliphatic heterocycles. The van der Waals surface area contributed by atoms with Gasteiger partial charge in [-0.2, -0.15) is 0 Å². The highest BCUT2D eigenvalue weighted by atomic mass is 35.5. The maximum atomic E-state index is 6.00. The van der Waals surface area contributed by atoms with Crippen LogP contribution in [0.4, 0.5) is 0 Å². The van der Waals surface area contributed by atoms with Crippen molar-refractivity contribution in [2.75, 3.05) is 6.54 Å². The number of nitrogens with one attached hydrogen (secondary N) is 1. The van der Waals surface area contributed by atoms with Crippen molar-refractivity contribution < 1.29 is 0 Å². The van der Waals surface area contributed by atoms with Crippen molar-refractivity contribution in [3.8, 4) is 0 Å². The molecule has 0 amide bonds. The molecule has 0 saturated carbocycles. The Morgan fingerprint density at radius 3 is 2.73 bits per heavy atom. The fraction of sp³-hybridized carbons (Fsp3) is 0.583. The molecule has 0 unspecified atom stereocenters. The number of nitrogens with zero attached hydrogens (tertiary/aromatic N) is 1. The van der Waals surface area contributed by atoms with Gasteiger partial charge in [0.05, 0.1) is 5.02 Å². The van der Waals surface area contributed by atoms with Crippen molar-refractivity contribution in [2.45, 2.75) is 33.2 Å². The summed E-state index contributed by atoms with van der Waals surface area (Å²) in [6.07, 6.45) is 5.93. The van der Waals surface area contributed by atoms with E-state index in [0.29, 0.717) is 0 Å². The normalized spacial score (nSPS) is 10.9. The molecule has 0 saturated heterocycles. The molecule has 0 atom stereocenters. The van der Waals surface area contributed by atoms with Crippen LogP contribution in [0, 0.1) is 5.92 Å². The van der Waals surface area contributed by atoms with Crippen LogP contribution < -0.4 is 5.32 Å². The Labute approximate surface area is 97.1 Å². The monoisotopic (exact) mass is 226 g/mol. The SMILES string of the molecule is CCC(CC)CNCc1ccncc1Cl. The molecular formula is C12H19ClN2. The summed E-state index contributed by atoms with van der Waals surface area (Å²) < 4.78 is 0. The number of rotatable bonds is 6. The second-order valence-corrected chi connectivity index (χ2v) is 4.19. The average Bonchev–Trinajstić information content (AvgIpc) is 2.27. The first-order chi connectivity index (χ1) is 7.27. The molecule has 0 radical (unpaired) electrons. The molecule has 1 aromatic heterocycles. The predicted molar refractivity (Wildman–Crippen MR) is 65.0 cm³/mol. The van der Waals surface area contributed by atoms with Crippen LogP contribution in [0.25, 0.3) is 0 Å². The van der Waals surface area contributed by atoms with Gasteiger partial charge in [0, 0.05) is 18.9 Å². The van der Waals surface area contributed by atoms with Crippen LogP contribution in [-0.2, 0) is 6.54 Å². The predicted octanol–water partition coefficient (Wildman–Crippen LogP) is 3.26. The second kappa shape index (κ2) is 6.81. The third-order valence-corrected chi connectivity index (χ3v) is 3.10. The molecule has 0 aliphatic rings.